The molecule has 0 bridgehead atoms. The van der Waals surface area contributed by atoms with Gasteiger partial charge in [0.1, 0.15) is 5.58 Å². The summed E-state index contributed by atoms with van der Waals surface area (Å²) in [6, 6.07) is 6.77. The Hall–Kier alpha value is -2.69. The van der Waals surface area contributed by atoms with Gasteiger partial charge in [-0.05, 0) is 37.1 Å². The first kappa shape index (κ1) is 13.3. The summed E-state index contributed by atoms with van der Waals surface area (Å²) in [5, 5.41) is 9.59. The van der Waals surface area contributed by atoms with Crippen LogP contribution in [0.5, 0.6) is 0 Å². The van der Waals surface area contributed by atoms with Crippen LogP contribution in [0.25, 0.3) is 22.1 Å². The molecule has 21 heavy (non-hydrogen) atoms. The lowest BCUT2D eigenvalue weighted by Gasteiger charge is -2.05. The van der Waals surface area contributed by atoms with E-state index in [9.17, 15) is 9.59 Å². The first-order chi connectivity index (χ1) is 10.0. The van der Waals surface area contributed by atoms with Gasteiger partial charge in [0.2, 0.25) is 5.43 Å². The number of rotatable bonds is 2. The highest BCUT2D eigenvalue weighted by molar-refractivity contribution is 5.94. The molecule has 1 N–H and O–H groups in total. The summed E-state index contributed by atoms with van der Waals surface area (Å²) in [7, 11) is 0. The molecule has 2 heterocycles. The number of carboxylic acids is 1. The Balaban J connectivity index is 2.44. The summed E-state index contributed by atoms with van der Waals surface area (Å²) >= 11 is 0. The predicted molar refractivity (Wildman–Crippen MR) is 78.9 cm³/mol. The van der Waals surface area contributed by atoms with Crippen LogP contribution in [0.2, 0.25) is 0 Å². The fourth-order valence-corrected chi connectivity index (χ4v) is 2.35. The maximum atomic E-state index is 12.5. The molecule has 0 radical (unpaired) electrons. The van der Waals surface area contributed by atoms with Crippen molar-refractivity contribution in [3.63, 3.8) is 0 Å². The van der Waals surface area contributed by atoms with Gasteiger partial charge in [-0.3, -0.25) is 4.79 Å². The van der Waals surface area contributed by atoms with Gasteiger partial charge in [-0.25, -0.2) is 9.78 Å². The molecular formula is C16H13NO4. The van der Waals surface area contributed by atoms with Crippen molar-refractivity contribution in [2.45, 2.75) is 20.3 Å². The Bertz CT molecular complexity index is 940. The van der Waals surface area contributed by atoms with E-state index in [0.717, 1.165) is 12.0 Å². The maximum absolute atomic E-state index is 12.5. The lowest BCUT2D eigenvalue weighted by molar-refractivity contribution is 0.0695. The predicted octanol–water partition coefficient (Wildman–Crippen LogP) is 2.91. The molecule has 0 aliphatic rings. The van der Waals surface area contributed by atoms with Crippen LogP contribution < -0.4 is 5.43 Å². The highest BCUT2D eigenvalue weighted by Crippen LogP contribution is 2.21. The number of carbonyl (C=O) groups is 1. The quantitative estimate of drug-likeness (QED) is 0.731. The Labute approximate surface area is 119 Å². The molecule has 0 aliphatic carbocycles. The summed E-state index contributed by atoms with van der Waals surface area (Å²) in [4.78, 5) is 27.8. The van der Waals surface area contributed by atoms with Crippen molar-refractivity contribution in [1.29, 1.82) is 0 Å². The second-order valence-corrected chi connectivity index (χ2v) is 4.89. The second-order valence-electron chi connectivity index (χ2n) is 4.89. The van der Waals surface area contributed by atoms with Gasteiger partial charge in [-0.1, -0.05) is 13.0 Å². The second kappa shape index (κ2) is 4.70. The van der Waals surface area contributed by atoms with E-state index in [1.54, 1.807) is 19.1 Å². The van der Waals surface area contributed by atoms with Crippen LogP contribution in [-0.2, 0) is 6.42 Å². The first-order valence-electron chi connectivity index (χ1n) is 6.61. The van der Waals surface area contributed by atoms with Crippen LogP contribution in [0.15, 0.2) is 33.5 Å². The minimum Gasteiger partial charge on any atom is -0.478 e. The van der Waals surface area contributed by atoms with Gasteiger partial charge in [-0.2, -0.15) is 0 Å². The third-order valence-corrected chi connectivity index (χ3v) is 3.54. The van der Waals surface area contributed by atoms with Crippen LogP contribution in [0.4, 0.5) is 0 Å². The summed E-state index contributed by atoms with van der Waals surface area (Å²) in [5.41, 5.74) is 1.93. The molecule has 0 fully saturated rings. The number of aryl methyl sites for hydroxylation is 2. The molecule has 106 valence electrons. The van der Waals surface area contributed by atoms with Gasteiger partial charge in [-0.15, -0.1) is 0 Å². The topological polar surface area (TPSA) is 80.4 Å². The highest BCUT2D eigenvalue weighted by atomic mass is 16.4. The number of carboxylic acid groups (broad SMARTS) is 1. The largest absolute Gasteiger partial charge is 0.478 e. The van der Waals surface area contributed by atoms with E-state index in [4.69, 9.17) is 9.52 Å². The fraction of sp³-hybridized carbons (Fsp3) is 0.188. The number of benzene rings is 1. The first-order valence-corrected chi connectivity index (χ1v) is 6.61. The molecule has 5 heteroatoms. The molecular weight excluding hydrogens is 270 g/mol. The summed E-state index contributed by atoms with van der Waals surface area (Å²) < 4.78 is 5.65. The lowest BCUT2D eigenvalue weighted by atomic mass is 10.1. The molecule has 0 amide bonds. The maximum Gasteiger partial charge on any atom is 0.337 e. The normalized spacial score (nSPS) is 11.1. The molecule has 0 saturated heterocycles. The molecule has 0 aliphatic heterocycles. The third kappa shape index (κ3) is 2.07. The van der Waals surface area contributed by atoms with E-state index < -0.39 is 5.97 Å². The van der Waals surface area contributed by atoms with Crippen molar-refractivity contribution < 1.29 is 14.3 Å². The van der Waals surface area contributed by atoms with Crippen LogP contribution >= 0.6 is 0 Å². The summed E-state index contributed by atoms with van der Waals surface area (Å²) in [5.74, 6) is -1.09. The van der Waals surface area contributed by atoms with Crippen molar-refractivity contribution in [2.24, 2.45) is 0 Å². The molecule has 2 aromatic heterocycles. The Kier molecular flexibility index (Phi) is 2.97. The minimum absolute atomic E-state index is 0.0372. The van der Waals surface area contributed by atoms with E-state index in [2.05, 4.69) is 4.98 Å². The van der Waals surface area contributed by atoms with E-state index in [0.29, 0.717) is 16.7 Å². The zero-order valence-corrected chi connectivity index (χ0v) is 11.6. The molecule has 1 aromatic carbocycles. The van der Waals surface area contributed by atoms with Crippen molar-refractivity contribution in [2.75, 3.05) is 0 Å². The lowest BCUT2D eigenvalue weighted by Crippen LogP contribution is -2.09. The van der Waals surface area contributed by atoms with Gasteiger partial charge in [0.05, 0.1) is 16.6 Å². The number of pyridine rings is 1. The molecule has 0 unspecified atom stereocenters. The number of aromatic carboxylic acids is 1. The number of aromatic nitrogens is 1. The Morgan fingerprint density at radius 2 is 2.05 bits per heavy atom. The smallest absolute Gasteiger partial charge is 0.337 e. The van der Waals surface area contributed by atoms with Gasteiger partial charge >= 0.3 is 5.97 Å². The van der Waals surface area contributed by atoms with Gasteiger partial charge in [0.15, 0.2) is 11.1 Å². The Morgan fingerprint density at radius 1 is 1.29 bits per heavy atom. The minimum atomic E-state index is -1.09. The van der Waals surface area contributed by atoms with Crippen LogP contribution in [0, 0.1) is 6.92 Å². The van der Waals surface area contributed by atoms with E-state index >= 15 is 0 Å². The number of nitrogens with zero attached hydrogens (tertiary/aromatic N) is 1. The van der Waals surface area contributed by atoms with Crippen molar-refractivity contribution in [3.8, 4) is 0 Å². The van der Waals surface area contributed by atoms with Gasteiger partial charge in [0.25, 0.3) is 0 Å². The fourth-order valence-electron chi connectivity index (χ4n) is 2.35. The van der Waals surface area contributed by atoms with Crippen LogP contribution in [0.3, 0.4) is 0 Å². The Morgan fingerprint density at radius 3 is 2.71 bits per heavy atom. The number of hydrogen-bond acceptors (Lipinski definition) is 4. The molecule has 0 spiro atoms. The van der Waals surface area contributed by atoms with Crippen LogP contribution in [0.1, 0.15) is 28.5 Å². The zero-order chi connectivity index (χ0) is 15.1. The van der Waals surface area contributed by atoms with Crippen molar-refractivity contribution in [3.05, 3.63) is 51.3 Å². The molecule has 3 aromatic rings. The van der Waals surface area contributed by atoms with E-state index in [-0.39, 0.29) is 22.1 Å². The van der Waals surface area contributed by atoms with Gasteiger partial charge < -0.3 is 9.52 Å². The summed E-state index contributed by atoms with van der Waals surface area (Å²) in [6.45, 7) is 3.57. The molecule has 5 nitrogen and oxygen atoms in total. The number of hydrogen-bond donors (Lipinski definition) is 1. The highest BCUT2D eigenvalue weighted by Gasteiger charge is 2.15. The SMILES string of the molecule is CCc1ccc2oc3cc(C(=O)O)c(C)nc3c(=O)c2c1. The molecule has 0 saturated carbocycles. The van der Waals surface area contributed by atoms with Crippen molar-refractivity contribution in [1.82, 2.24) is 4.98 Å². The zero-order valence-electron chi connectivity index (χ0n) is 11.6. The average Bonchev–Trinajstić information content (AvgIpc) is 2.47. The van der Waals surface area contributed by atoms with E-state index in [1.165, 1.54) is 6.07 Å². The van der Waals surface area contributed by atoms with Gasteiger partial charge in [0, 0.05) is 0 Å². The standard InChI is InChI=1S/C16H13NO4/c1-3-9-4-5-12-11(6-9)15(18)14-13(21-12)7-10(16(19)20)8(2)17-14/h4-7H,3H2,1-2H3,(H,19,20). The number of fused-ring (bicyclic) bond motifs is 2. The molecule has 3 rings (SSSR count). The third-order valence-electron chi connectivity index (χ3n) is 3.54. The van der Waals surface area contributed by atoms with E-state index in [1.807, 2.05) is 13.0 Å². The molecule has 0 atom stereocenters. The monoisotopic (exact) mass is 283 g/mol. The average molecular weight is 283 g/mol. The van der Waals surface area contributed by atoms with Crippen LogP contribution in [-0.4, -0.2) is 16.1 Å². The summed E-state index contributed by atoms with van der Waals surface area (Å²) in [6.07, 6.45) is 0.817. The van der Waals surface area contributed by atoms with Crippen molar-refractivity contribution >= 4 is 28.0 Å².